The summed E-state index contributed by atoms with van der Waals surface area (Å²) in [7, 11) is 0. The Kier molecular flexibility index (Phi) is 20.8. The molecule has 0 amide bonds. The summed E-state index contributed by atoms with van der Waals surface area (Å²) in [5.41, 5.74) is 40.7. The summed E-state index contributed by atoms with van der Waals surface area (Å²) in [6.07, 6.45) is 0. The van der Waals surface area contributed by atoms with Crippen LogP contribution in [0, 0.1) is 0 Å². The molecule has 140 heavy (non-hydrogen) atoms. The smallest absolute Gasteiger partial charge is 0.238 e. The van der Waals surface area contributed by atoms with Gasteiger partial charge in [-0.3, -0.25) is 9.13 Å². The molecule has 0 spiro atoms. The highest BCUT2D eigenvalue weighted by molar-refractivity contribution is 6.13. The Morgan fingerprint density at radius 3 is 0.607 bits per heavy atom. The minimum absolute atomic E-state index is 0.265. The van der Waals surface area contributed by atoms with E-state index in [1.807, 2.05) is 36.4 Å². The number of benzene rings is 20. The standard InChI is InChI=1S/C78H54N4.C54H38N4/c1-78(2)71-48-57(64-42-58(51-23-9-3-10-24-51)39-59(43-64)52-25-11-4-12-26-52)37-38-67(71)69-49-70-68-35-21-22-36-73(68)82(74(70)50-72(69)78)77-80-75(65-44-60(53-27-13-5-14-28-53)40-61(45-65)54-29-15-6-16-30-54)79-76(81-77)66-46-62(55-31-17-7-18-32-55)41-63(47-66)56-33-19-8-20-34-56;1-54(2)47-32-39(42-30-40(35-17-7-3-8-18-35)29-41(31-42)36-19-9-4-10-20-36)27-28-43(47)45-33-46-44-25-15-16-26-49(44)58(50(46)34-48(45)54)53-56-51(37-21-11-5-12-22-37)55-52(57-53)38-23-13-6-14-24-38/h3-50H,1-2H3;3-34H,1-2H3. The van der Waals surface area contributed by atoms with E-state index < -0.39 is 0 Å². The van der Waals surface area contributed by atoms with Crippen molar-refractivity contribution in [3.05, 3.63) is 508 Å². The average molecular weight is 1790 g/mol. The fraction of sp³-hybridized carbons (Fsp3) is 0.0455. The van der Waals surface area contributed by atoms with E-state index in [1.165, 1.54) is 117 Å². The lowest BCUT2D eigenvalue weighted by Crippen LogP contribution is -2.15. The van der Waals surface area contributed by atoms with Gasteiger partial charge in [-0.15, -0.1) is 0 Å². The molecule has 24 aromatic rings. The van der Waals surface area contributed by atoms with E-state index in [2.05, 4.69) is 486 Å². The molecule has 0 aliphatic heterocycles. The third kappa shape index (κ3) is 15.2. The van der Waals surface area contributed by atoms with Crippen LogP contribution >= 0.6 is 0 Å². The van der Waals surface area contributed by atoms with E-state index in [9.17, 15) is 0 Å². The highest BCUT2D eigenvalue weighted by atomic mass is 15.2. The van der Waals surface area contributed by atoms with Gasteiger partial charge in [-0.25, -0.2) is 9.97 Å². The Hall–Kier alpha value is -18.0. The Morgan fingerprint density at radius 2 is 0.350 bits per heavy atom. The molecule has 0 radical (unpaired) electrons. The Labute approximate surface area is 814 Å². The molecule has 4 aromatic heterocycles. The number of para-hydroxylation sites is 2. The fourth-order valence-corrected chi connectivity index (χ4v) is 21.3. The van der Waals surface area contributed by atoms with Gasteiger partial charge in [0.2, 0.25) is 11.9 Å². The van der Waals surface area contributed by atoms with E-state index in [0.29, 0.717) is 35.2 Å². The topological polar surface area (TPSA) is 87.2 Å². The molecule has 4 heterocycles. The summed E-state index contributed by atoms with van der Waals surface area (Å²) in [6.45, 7) is 9.48. The van der Waals surface area contributed by atoms with E-state index >= 15 is 0 Å². The number of nitrogens with zero attached hydrogens (tertiary/aromatic N) is 8. The van der Waals surface area contributed by atoms with Crippen LogP contribution in [-0.4, -0.2) is 39.0 Å². The molecule has 660 valence electrons. The molecule has 8 heteroatoms. The Bertz CT molecular complexity index is 8480. The van der Waals surface area contributed by atoms with Crippen LogP contribution in [0.5, 0.6) is 0 Å². The minimum Gasteiger partial charge on any atom is -0.278 e. The lowest BCUT2D eigenvalue weighted by atomic mass is 9.81. The lowest BCUT2D eigenvalue weighted by molar-refractivity contribution is 0.661. The van der Waals surface area contributed by atoms with Gasteiger partial charge in [0.05, 0.1) is 22.1 Å². The van der Waals surface area contributed by atoms with Crippen molar-refractivity contribution in [2.45, 2.75) is 38.5 Å². The fourth-order valence-electron chi connectivity index (χ4n) is 21.3. The van der Waals surface area contributed by atoms with Crippen molar-refractivity contribution in [1.82, 2.24) is 39.0 Å². The van der Waals surface area contributed by atoms with Crippen molar-refractivity contribution < 1.29 is 0 Å². The van der Waals surface area contributed by atoms with Gasteiger partial charge in [0.1, 0.15) is 0 Å². The summed E-state index contributed by atoms with van der Waals surface area (Å²) in [5.74, 6) is 3.60. The van der Waals surface area contributed by atoms with E-state index in [-0.39, 0.29) is 10.8 Å². The molecule has 2 aliphatic carbocycles. The van der Waals surface area contributed by atoms with Crippen molar-refractivity contribution in [3.63, 3.8) is 0 Å². The van der Waals surface area contributed by atoms with Crippen molar-refractivity contribution in [1.29, 1.82) is 0 Å². The second-order valence-electron chi connectivity index (χ2n) is 37.7. The zero-order valence-electron chi connectivity index (χ0n) is 77.8. The first kappa shape index (κ1) is 83.8. The quantitative estimate of drug-likeness (QED) is 0.0958. The molecule has 0 N–H and O–H groups in total. The largest absolute Gasteiger partial charge is 0.278 e. The monoisotopic (exact) mass is 1790 g/mol. The van der Waals surface area contributed by atoms with E-state index in [4.69, 9.17) is 29.9 Å². The molecule has 0 atom stereocenters. The zero-order valence-corrected chi connectivity index (χ0v) is 77.8. The number of hydrogen-bond donors (Lipinski definition) is 0. The predicted octanol–water partition coefficient (Wildman–Crippen LogP) is 33.9. The second kappa shape index (κ2) is 34.7. The van der Waals surface area contributed by atoms with Crippen LogP contribution in [0.1, 0.15) is 49.9 Å². The van der Waals surface area contributed by atoms with Crippen molar-refractivity contribution in [2.75, 3.05) is 0 Å². The summed E-state index contributed by atoms with van der Waals surface area (Å²) in [6, 6.07) is 174. The third-order valence-corrected chi connectivity index (χ3v) is 28.4. The maximum absolute atomic E-state index is 5.62. The molecule has 26 rings (SSSR count). The van der Waals surface area contributed by atoms with Crippen LogP contribution in [0.2, 0.25) is 0 Å². The molecular formula is C132H92N8. The number of aromatic nitrogens is 8. The SMILES string of the molecule is CC1(C)c2cc(-c3cc(-c4ccccc4)cc(-c4ccccc4)c3)ccc2-c2cc3c4ccccc4n(-c4nc(-c5cc(-c6ccccc6)cc(-c6ccccc6)c5)nc(-c5cc(-c6ccccc6)cc(-c6ccccc6)c5)n4)c3cc21.CC1(C)c2cc(-c3cc(-c4ccccc4)cc(-c4ccccc4)c3)ccc2-c2cc3c4ccccc4n(-c4nc(-c5ccccc5)nc(-c5ccccc5)n4)c3cc21. The summed E-state index contributed by atoms with van der Waals surface area (Å²) in [5, 5.41) is 4.61. The van der Waals surface area contributed by atoms with Crippen molar-refractivity contribution in [3.8, 4) is 191 Å². The zero-order chi connectivity index (χ0) is 93.5. The molecular weight excluding hydrogens is 1700 g/mol. The molecule has 2 aliphatic rings. The normalized spacial score (nSPS) is 12.5. The van der Waals surface area contributed by atoms with E-state index in [1.54, 1.807) is 0 Å². The van der Waals surface area contributed by atoms with Gasteiger partial charge in [-0.2, -0.15) is 19.9 Å². The highest BCUT2D eigenvalue weighted by Crippen LogP contribution is 2.55. The first-order chi connectivity index (χ1) is 68.8. The Morgan fingerprint density at radius 1 is 0.143 bits per heavy atom. The first-order valence-corrected chi connectivity index (χ1v) is 48.0. The molecule has 8 nitrogen and oxygen atoms in total. The first-order valence-electron chi connectivity index (χ1n) is 48.0. The van der Waals surface area contributed by atoms with Gasteiger partial charge < -0.3 is 0 Å². The maximum atomic E-state index is 5.62. The number of hydrogen-bond acceptors (Lipinski definition) is 6. The van der Waals surface area contributed by atoms with Crippen LogP contribution < -0.4 is 0 Å². The van der Waals surface area contributed by atoms with Crippen LogP contribution in [0.25, 0.3) is 235 Å². The highest BCUT2D eigenvalue weighted by Gasteiger charge is 2.40. The second-order valence-corrected chi connectivity index (χ2v) is 37.7. The van der Waals surface area contributed by atoms with Crippen LogP contribution in [-0.2, 0) is 10.8 Å². The average Bonchev–Trinajstić information content (AvgIpc) is 1.55. The van der Waals surface area contributed by atoms with E-state index in [0.717, 1.165) is 105 Å². The van der Waals surface area contributed by atoms with Gasteiger partial charge >= 0.3 is 0 Å². The maximum Gasteiger partial charge on any atom is 0.238 e. The van der Waals surface area contributed by atoms with Crippen molar-refractivity contribution >= 4 is 43.6 Å². The van der Waals surface area contributed by atoms with Gasteiger partial charge in [0, 0.05) is 54.6 Å². The molecule has 0 bridgehead atoms. The van der Waals surface area contributed by atoms with Gasteiger partial charge in [-0.05, 0) is 277 Å². The number of fused-ring (bicyclic) bond motifs is 12. The van der Waals surface area contributed by atoms with Gasteiger partial charge in [0.25, 0.3) is 0 Å². The molecule has 0 unspecified atom stereocenters. The molecule has 0 fully saturated rings. The summed E-state index contributed by atoms with van der Waals surface area (Å²) < 4.78 is 4.51. The Balaban J connectivity index is 0.000000157. The van der Waals surface area contributed by atoms with Gasteiger partial charge in [0.15, 0.2) is 23.3 Å². The van der Waals surface area contributed by atoms with Crippen LogP contribution in [0.3, 0.4) is 0 Å². The minimum atomic E-state index is -0.345. The van der Waals surface area contributed by atoms with Crippen LogP contribution in [0.15, 0.2) is 485 Å². The number of rotatable bonds is 16. The lowest BCUT2D eigenvalue weighted by Gasteiger charge is -2.22. The molecule has 20 aromatic carbocycles. The summed E-state index contributed by atoms with van der Waals surface area (Å²) in [4.78, 5) is 32.1. The predicted molar refractivity (Wildman–Crippen MR) is 580 cm³/mol. The summed E-state index contributed by atoms with van der Waals surface area (Å²) >= 11 is 0. The third-order valence-electron chi connectivity index (χ3n) is 28.4. The van der Waals surface area contributed by atoms with Gasteiger partial charge in [-0.1, -0.05) is 392 Å². The van der Waals surface area contributed by atoms with Crippen LogP contribution in [0.4, 0.5) is 0 Å². The van der Waals surface area contributed by atoms with Crippen molar-refractivity contribution in [2.24, 2.45) is 0 Å². The molecule has 0 saturated carbocycles. The molecule has 0 saturated heterocycles.